The molecular weight excluding hydrogens is 202 g/mol. The Bertz CT molecular complexity index is 335. The molecule has 4 nitrogen and oxygen atoms in total. The molecule has 0 aliphatic rings. The monoisotopic (exact) mass is 221 g/mol. The Morgan fingerprint density at radius 2 is 2.31 bits per heavy atom. The van der Waals surface area contributed by atoms with Gasteiger partial charge in [0.25, 0.3) is 0 Å². The standard InChI is InChI=1S/C12H19N3O/c1-3-14-12(16)11(7-13)6-10-5-4-9(2)15-8-10/h4-5,8,11H,3,6-7,13H2,1-2H3,(H,14,16). The third kappa shape index (κ3) is 3.62. The highest BCUT2D eigenvalue weighted by Gasteiger charge is 2.16. The van der Waals surface area contributed by atoms with E-state index in [1.54, 1.807) is 6.20 Å². The van der Waals surface area contributed by atoms with Crippen LogP contribution in [0.5, 0.6) is 0 Å². The Kier molecular flexibility index (Phi) is 4.92. The number of amides is 1. The van der Waals surface area contributed by atoms with Gasteiger partial charge in [0.05, 0.1) is 5.92 Å². The van der Waals surface area contributed by atoms with Crippen LogP contribution in [0.4, 0.5) is 0 Å². The fraction of sp³-hybridized carbons (Fsp3) is 0.500. The molecule has 1 atom stereocenters. The molecule has 0 saturated heterocycles. The number of rotatable bonds is 5. The molecule has 0 aliphatic heterocycles. The molecule has 1 unspecified atom stereocenters. The van der Waals surface area contributed by atoms with E-state index in [0.29, 0.717) is 19.5 Å². The molecule has 1 rings (SSSR count). The second kappa shape index (κ2) is 6.23. The lowest BCUT2D eigenvalue weighted by atomic mass is 9.99. The molecule has 0 bridgehead atoms. The van der Waals surface area contributed by atoms with Crippen molar-refractivity contribution in [3.8, 4) is 0 Å². The SMILES string of the molecule is CCNC(=O)C(CN)Cc1ccc(C)nc1. The van der Waals surface area contributed by atoms with Crippen LogP contribution in [0.15, 0.2) is 18.3 Å². The van der Waals surface area contributed by atoms with Crippen molar-refractivity contribution in [1.29, 1.82) is 0 Å². The van der Waals surface area contributed by atoms with Crippen molar-refractivity contribution in [3.05, 3.63) is 29.6 Å². The Balaban J connectivity index is 2.62. The van der Waals surface area contributed by atoms with Crippen molar-refractivity contribution in [2.45, 2.75) is 20.3 Å². The first-order valence-corrected chi connectivity index (χ1v) is 5.56. The minimum atomic E-state index is -0.163. The second-order valence-corrected chi connectivity index (χ2v) is 3.84. The summed E-state index contributed by atoms with van der Waals surface area (Å²) in [5, 5.41) is 2.79. The molecule has 1 aromatic heterocycles. The summed E-state index contributed by atoms with van der Waals surface area (Å²) in [6.07, 6.45) is 2.45. The van der Waals surface area contributed by atoms with Crippen LogP contribution in [-0.2, 0) is 11.2 Å². The molecule has 0 spiro atoms. The Labute approximate surface area is 96.3 Å². The van der Waals surface area contributed by atoms with Gasteiger partial charge in [-0.15, -0.1) is 0 Å². The number of pyridine rings is 1. The summed E-state index contributed by atoms with van der Waals surface area (Å²) in [5.74, 6) is -0.143. The van der Waals surface area contributed by atoms with E-state index in [1.807, 2.05) is 26.0 Å². The maximum atomic E-state index is 11.6. The first-order valence-electron chi connectivity index (χ1n) is 5.56. The smallest absolute Gasteiger partial charge is 0.224 e. The molecule has 1 heterocycles. The van der Waals surface area contributed by atoms with Crippen molar-refractivity contribution in [3.63, 3.8) is 0 Å². The Morgan fingerprint density at radius 3 is 2.81 bits per heavy atom. The first kappa shape index (κ1) is 12.6. The van der Waals surface area contributed by atoms with E-state index in [4.69, 9.17) is 5.73 Å². The molecule has 0 aromatic carbocycles. The lowest BCUT2D eigenvalue weighted by Crippen LogP contribution is -2.36. The zero-order valence-corrected chi connectivity index (χ0v) is 9.86. The largest absolute Gasteiger partial charge is 0.356 e. The highest BCUT2D eigenvalue weighted by Crippen LogP contribution is 2.07. The number of hydrogen-bond acceptors (Lipinski definition) is 3. The fourth-order valence-electron chi connectivity index (χ4n) is 1.51. The van der Waals surface area contributed by atoms with E-state index in [9.17, 15) is 4.79 Å². The maximum Gasteiger partial charge on any atom is 0.224 e. The zero-order chi connectivity index (χ0) is 12.0. The van der Waals surface area contributed by atoms with Crippen LogP contribution in [0.1, 0.15) is 18.2 Å². The number of nitrogens with one attached hydrogen (secondary N) is 1. The van der Waals surface area contributed by atoms with E-state index in [0.717, 1.165) is 11.3 Å². The summed E-state index contributed by atoms with van der Waals surface area (Å²) < 4.78 is 0. The molecule has 1 amide bonds. The van der Waals surface area contributed by atoms with Crippen molar-refractivity contribution in [1.82, 2.24) is 10.3 Å². The summed E-state index contributed by atoms with van der Waals surface area (Å²) in [7, 11) is 0. The summed E-state index contributed by atoms with van der Waals surface area (Å²) >= 11 is 0. The molecule has 3 N–H and O–H groups in total. The summed E-state index contributed by atoms with van der Waals surface area (Å²) in [6.45, 7) is 4.84. The van der Waals surface area contributed by atoms with Crippen molar-refractivity contribution in [2.75, 3.05) is 13.1 Å². The van der Waals surface area contributed by atoms with Crippen LogP contribution in [0.2, 0.25) is 0 Å². The number of nitrogens with two attached hydrogens (primary N) is 1. The van der Waals surface area contributed by atoms with Crippen molar-refractivity contribution < 1.29 is 4.79 Å². The van der Waals surface area contributed by atoms with Crippen molar-refractivity contribution >= 4 is 5.91 Å². The van der Waals surface area contributed by atoms with E-state index in [-0.39, 0.29) is 11.8 Å². The predicted molar refractivity (Wildman–Crippen MR) is 63.9 cm³/mol. The van der Waals surface area contributed by atoms with Gasteiger partial charge < -0.3 is 11.1 Å². The molecule has 0 aliphatic carbocycles. The van der Waals surface area contributed by atoms with Gasteiger partial charge in [-0.1, -0.05) is 6.07 Å². The van der Waals surface area contributed by atoms with Gasteiger partial charge in [-0.3, -0.25) is 9.78 Å². The molecule has 16 heavy (non-hydrogen) atoms. The van der Waals surface area contributed by atoms with Gasteiger partial charge in [0.15, 0.2) is 0 Å². The molecule has 0 fully saturated rings. The van der Waals surface area contributed by atoms with Gasteiger partial charge in [0.2, 0.25) is 5.91 Å². The normalized spacial score (nSPS) is 12.2. The highest BCUT2D eigenvalue weighted by atomic mass is 16.1. The van der Waals surface area contributed by atoms with E-state index in [2.05, 4.69) is 10.3 Å². The zero-order valence-electron chi connectivity index (χ0n) is 9.86. The van der Waals surface area contributed by atoms with E-state index in [1.165, 1.54) is 0 Å². The highest BCUT2D eigenvalue weighted by molar-refractivity contribution is 5.79. The van der Waals surface area contributed by atoms with Crippen LogP contribution in [-0.4, -0.2) is 24.0 Å². The molecule has 0 radical (unpaired) electrons. The Morgan fingerprint density at radius 1 is 1.56 bits per heavy atom. The Hall–Kier alpha value is -1.42. The number of aryl methyl sites for hydroxylation is 1. The van der Waals surface area contributed by atoms with Crippen LogP contribution < -0.4 is 11.1 Å². The molecule has 4 heteroatoms. The average Bonchev–Trinajstić information content (AvgIpc) is 2.28. The third-order valence-electron chi connectivity index (χ3n) is 2.46. The van der Waals surface area contributed by atoms with Crippen LogP contribution >= 0.6 is 0 Å². The minimum absolute atomic E-state index is 0.0191. The van der Waals surface area contributed by atoms with E-state index >= 15 is 0 Å². The van der Waals surface area contributed by atoms with Gasteiger partial charge in [-0.05, 0) is 31.9 Å². The lowest BCUT2D eigenvalue weighted by molar-refractivity contribution is -0.124. The van der Waals surface area contributed by atoms with Crippen molar-refractivity contribution in [2.24, 2.45) is 11.7 Å². The topological polar surface area (TPSA) is 68.0 Å². The van der Waals surface area contributed by atoms with Crippen LogP contribution in [0, 0.1) is 12.8 Å². The van der Waals surface area contributed by atoms with E-state index < -0.39 is 0 Å². The molecular formula is C12H19N3O. The molecule has 88 valence electrons. The fourth-order valence-corrected chi connectivity index (χ4v) is 1.51. The maximum absolute atomic E-state index is 11.6. The summed E-state index contributed by atoms with van der Waals surface area (Å²) in [5.41, 5.74) is 7.63. The average molecular weight is 221 g/mol. The summed E-state index contributed by atoms with van der Waals surface area (Å²) in [4.78, 5) is 15.8. The van der Waals surface area contributed by atoms with Gasteiger partial charge >= 0.3 is 0 Å². The van der Waals surface area contributed by atoms with Gasteiger partial charge in [0, 0.05) is 25.0 Å². The van der Waals surface area contributed by atoms with Gasteiger partial charge in [-0.25, -0.2) is 0 Å². The number of carbonyl (C=O) groups is 1. The second-order valence-electron chi connectivity index (χ2n) is 3.84. The van der Waals surface area contributed by atoms with Gasteiger partial charge in [0.1, 0.15) is 0 Å². The van der Waals surface area contributed by atoms with Crippen LogP contribution in [0.3, 0.4) is 0 Å². The first-order chi connectivity index (χ1) is 7.67. The summed E-state index contributed by atoms with van der Waals surface area (Å²) in [6, 6.07) is 3.94. The molecule has 1 aromatic rings. The van der Waals surface area contributed by atoms with Gasteiger partial charge in [-0.2, -0.15) is 0 Å². The third-order valence-corrected chi connectivity index (χ3v) is 2.46. The predicted octanol–water partition coefficient (Wildman–Crippen LogP) is 0.644. The lowest BCUT2D eigenvalue weighted by Gasteiger charge is -2.13. The number of nitrogens with zero attached hydrogens (tertiary/aromatic N) is 1. The van der Waals surface area contributed by atoms with Crippen LogP contribution in [0.25, 0.3) is 0 Å². The number of hydrogen-bond donors (Lipinski definition) is 2. The number of aromatic nitrogens is 1. The number of carbonyl (C=O) groups excluding carboxylic acids is 1. The molecule has 0 saturated carbocycles. The quantitative estimate of drug-likeness (QED) is 0.767. The minimum Gasteiger partial charge on any atom is -0.356 e.